The standard InChI is InChI=1S/C20H29NO2/c1-20(21)12-4-6-14-8-9-15-10-11-17(22-2)19(23-3)18(15)16(14)7-5-13-20/h8-11,14,16H,4-7,12-13,21H2,1-3H3/t14-,16?,20?/m1/s1. The number of allylic oxidation sites excluding steroid dienone is 1. The predicted molar refractivity (Wildman–Crippen MR) is 95.1 cm³/mol. The highest BCUT2D eigenvalue weighted by atomic mass is 16.5. The van der Waals surface area contributed by atoms with E-state index < -0.39 is 0 Å². The van der Waals surface area contributed by atoms with Crippen molar-refractivity contribution in [1.82, 2.24) is 0 Å². The average molecular weight is 315 g/mol. The van der Waals surface area contributed by atoms with Gasteiger partial charge in [-0.15, -0.1) is 0 Å². The van der Waals surface area contributed by atoms with Crippen molar-refractivity contribution < 1.29 is 9.47 Å². The number of hydrogen-bond donors (Lipinski definition) is 1. The monoisotopic (exact) mass is 315 g/mol. The van der Waals surface area contributed by atoms with E-state index in [4.69, 9.17) is 15.2 Å². The van der Waals surface area contributed by atoms with Crippen molar-refractivity contribution in [2.24, 2.45) is 11.7 Å². The van der Waals surface area contributed by atoms with Gasteiger partial charge in [-0.1, -0.05) is 31.1 Å². The van der Waals surface area contributed by atoms with Crippen molar-refractivity contribution >= 4 is 6.08 Å². The molecule has 0 radical (unpaired) electrons. The first-order valence-electron chi connectivity index (χ1n) is 8.78. The van der Waals surface area contributed by atoms with Crippen molar-refractivity contribution in [1.29, 1.82) is 0 Å². The highest BCUT2D eigenvalue weighted by molar-refractivity contribution is 5.66. The van der Waals surface area contributed by atoms with Crippen molar-refractivity contribution in [2.75, 3.05) is 14.2 Å². The predicted octanol–water partition coefficient (Wildman–Crippen LogP) is 4.50. The van der Waals surface area contributed by atoms with Gasteiger partial charge in [0.25, 0.3) is 0 Å². The molecule has 3 rings (SSSR count). The van der Waals surface area contributed by atoms with Gasteiger partial charge in [-0.05, 0) is 56.1 Å². The number of benzene rings is 1. The maximum atomic E-state index is 6.44. The summed E-state index contributed by atoms with van der Waals surface area (Å²) < 4.78 is 11.3. The van der Waals surface area contributed by atoms with Crippen molar-refractivity contribution in [2.45, 2.75) is 56.9 Å². The summed E-state index contributed by atoms with van der Waals surface area (Å²) in [5.41, 5.74) is 9.03. The molecule has 1 aromatic carbocycles. The third-order valence-electron chi connectivity index (χ3n) is 5.58. The molecule has 1 aromatic rings. The normalized spacial score (nSPS) is 30.4. The van der Waals surface area contributed by atoms with E-state index in [1.165, 1.54) is 36.8 Å². The summed E-state index contributed by atoms with van der Waals surface area (Å²) in [6, 6.07) is 4.16. The van der Waals surface area contributed by atoms with Crippen LogP contribution in [0.5, 0.6) is 11.5 Å². The molecule has 0 heterocycles. The largest absolute Gasteiger partial charge is 0.493 e. The van der Waals surface area contributed by atoms with Crippen molar-refractivity contribution in [3.8, 4) is 11.5 Å². The second kappa shape index (κ2) is 6.56. The highest BCUT2D eigenvalue weighted by Crippen LogP contribution is 2.48. The number of fused-ring (bicyclic) bond motifs is 3. The van der Waals surface area contributed by atoms with Gasteiger partial charge in [0, 0.05) is 11.1 Å². The molecular formula is C20H29NO2. The number of rotatable bonds is 2. The van der Waals surface area contributed by atoms with Crippen LogP contribution in [0.4, 0.5) is 0 Å². The lowest BCUT2D eigenvalue weighted by Crippen LogP contribution is -2.35. The Labute approximate surface area is 139 Å². The molecule has 0 amide bonds. The van der Waals surface area contributed by atoms with E-state index >= 15 is 0 Å². The first-order valence-corrected chi connectivity index (χ1v) is 8.78. The van der Waals surface area contributed by atoms with E-state index in [9.17, 15) is 0 Å². The minimum atomic E-state index is -0.0154. The zero-order valence-electron chi connectivity index (χ0n) is 14.6. The molecule has 2 aliphatic carbocycles. The molecule has 0 spiro atoms. The fourth-order valence-electron chi connectivity index (χ4n) is 4.32. The second-order valence-corrected chi connectivity index (χ2v) is 7.37. The van der Waals surface area contributed by atoms with Crippen LogP contribution < -0.4 is 15.2 Å². The molecule has 0 aliphatic heterocycles. The summed E-state index contributed by atoms with van der Waals surface area (Å²) in [5.74, 6) is 2.84. The van der Waals surface area contributed by atoms with Gasteiger partial charge in [0.1, 0.15) is 0 Å². The highest BCUT2D eigenvalue weighted by Gasteiger charge is 2.32. The fourth-order valence-corrected chi connectivity index (χ4v) is 4.32. The lowest BCUT2D eigenvalue weighted by atomic mass is 9.74. The molecule has 3 heteroatoms. The third kappa shape index (κ3) is 3.25. The summed E-state index contributed by atoms with van der Waals surface area (Å²) in [7, 11) is 3.46. The lowest BCUT2D eigenvalue weighted by molar-refractivity contribution is 0.340. The Balaban J connectivity index is 1.99. The summed E-state index contributed by atoms with van der Waals surface area (Å²) in [6.45, 7) is 2.20. The molecule has 0 saturated heterocycles. The van der Waals surface area contributed by atoms with Crippen LogP contribution in [0.25, 0.3) is 6.08 Å². The first kappa shape index (κ1) is 16.4. The van der Waals surface area contributed by atoms with Crippen molar-refractivity contribution in [3.63, 3.8) is 0 Å². The zero-order valence-corrected chi connectivity index (χ0v) is 14.6. The SMILES string of the molecule is COc1ccc2c(c1OC)C1CCCC(C)(N)CCC[C@@H]1C=C2. The van der Waals surface area contributed by atoms with E-state index in [0.717, 1.165) is 24.3 Å². The number of hydrogen-bond acceptors (Lipinski definition) is 3. The van der Waals surface area contributed by atoms with Crippen LogP contribution in [0.3, 0.4) is 0 Å². The number of nitrogens with two attached hydrogens (primary N) is 1. The van der Waals surface area contributed by atoms with Crippen LogP contribution >= 0.6 is 0 Å². The lowest BCUT2D eigenvalue weighted by Gasteiger charge is -2.31. The molecule has 0 aromatic heterocycles. The van der Waals surface area contributed by atoms with E-state index in [-0.39, 0.29) is 5.54 Å². The van der Waals surface area contributed by atoms with Crippen molar-refractivity contribution in [3.05, 3.63) is 29.3 Å². The number of methoxy groups -OCH3 is 2. The second-order valence-electron chi connectivity index (χ2n) is 7.37. The van der Waals surface area contributed by atoms with E-state index in [1.54, 1.807) is 14.2 Å². The van der Waals surface area contributed by atoms with Gasteiger partial charge in [0.05, 0.1) is 14.2 Å². The minimum Gasteiger partial charge on any atom is -0.493 e. The van der Waals surface area contributed by atoms with Gasteiger partial charge < -0.3 is 15.2 Å². The maximum absolute atomic E-state index is 6.44. The Kier molecular flexibility index (Phi) is 4.67. The molecule has 3 atom stereocenters. The molecule has 1 fully saturated rings. The molecule has 1 saturated carbocycles. The smallest absolute Gasteiger partial charge is 0.164 e. The van der Waals surface area contributed by atoms with Gasteiger partial charge in [-0.2, -0.15) is 0 Å². The topological polar surface area (TPSA) is 44.5 Å². The molecule has 0 bridgehead atoms. The Morgan fingerprint density at radius 1 is 1.09 bits per heavy atom. The molecule has 2 N–H and O–H groups in total. The van der Waals surface area contributed by atoms with Crippen LogP contribution in [0.1, 0.15) is 62.5 Å². The Hall–Kier alpha value is -1.48. The zero-order chi connectivity index (χ0) is 16.4. The van der Waals surface area contributed by atoms with Crippen LogP contribution in [0.2, 0.25) is 0 Å². The Morgan fingerprint density at radius 3 is 2.52 bits per heavy atom. The van der Waals surface area contributed by atoms with Gasteiger partial charge in [-0.3, -0.25) is 0 Å². The van der Waals surface area contributed by atoms with E-state index in [0.29, 0.717) is 11.8 Å². The molecule has 126 valence electrons. The van der Waals surface area contributed by atoms with Crippen LogP contribution in [0, 0.1) is 5.92 Å². The quantitative estimate of drug-likeness (QED) is 0.874. The summed E-state index contributed by atoms with van der Waals surface area (Å²) in [5, 5.41) is 0. The van der Waals surface area contributed by atoms with Gasteiger partial charge in [0.15, 0.2) is 11.5 Å². The summed E-state index contributed by atoms with van der Waals surface area (Å²) >= 11 is 0. The fraction of sp³-hybridized carbons (Fsp3) is 0.600. The van der Waals surface area contributed by atoms with Gasteiger partial charge >= 0.3 is 0 Å². The van der Waals surface area contributed by atoms with Gasteiger partial charge in [0.2, 0.25) is 0 Å². The van der Waals surface area contributed by atoms with Crippen LogP contribution in [-0.2, 0) is 0 Å². The van der Waals surface area contributed by atoms with Crippen LogP contribution in [0.15, 0.2) is 18.2 Å². The molecule has 23 heavy (non-hydrogen) atoms. The third-order valence-corrected chi connectivity index (χ3v) is 5.58. The summed E-state index contributed by atoms with van der Waals surface area (Å²) in [6.07, 6.45) is 11.6. The maximum Gasteiger partial charge on any atom is 0.164 e. The minimum absolute atomic E-state index is 0.0154. The Morgan fingerprint density at radius 2 is 1.83 bits per heavy atom. The molecular weight excluding hydrogens is 286 g/mol. The molecule has 2 aliphatic rings. The summed E-state index contributed by atoms with van der Waals surface area (Å²) in [4.78, 5) is 0. The Bertz CT molecular complexity index is 592. The average Bonchev–Trinajstić information content (AvgIpc) is 2.61. The van der Waals surface area contributed by atoms with Crippen LogP contribution in [-0.4, -0.2) is 19.8 Å². The molecule has 2 unspecified atom stereocenters. The first-order chi connectivity index (χ1) is 11.1. The number of ether oxygens (including phenoxy) is 2. The molecule has 3 nitrogen and oxygen atoms in total. The van der Waals surface area contributed by atoms with E-state index in [1.807, 2.05) is 6.07 Å². The van der Waals surface area contributed by atoms with E-state index in [2.05, 4.69) is 25.1 Å². The van der Waals surface area contributed by atoms with Gasteiger partial charge in [-0.25, -0.2) is 0 Å².